The van der Waals surface area contributed by atoms with Crippen molar-refractivity contribution in [2.75, 3.05) is 38.1 Å². The second kappa shape index (κ2) is 6.65. The number of nitrogens with one attached hydrogen (secondary N) is 1. The van der Waals surface area contributed by atoms with Gasteiger partial charge in [-0.15, -0.1) is 0 Å². The SMILES string of the molecule is CN1CCN(c2ccc3ncc4c(=O)n(-c5ccc(Cl)cc5)[nH]c4c3c2)CC1. The average molecular weight is 394 g/mol. The number of halogens is 1. The van der Waals surface area contributed by atoms with Crippen LogP contribution in [0.5, 0.6) is 0 Å². The molecule has 2 aromatic carbocycles. The number of anilines is 1. The van der Waals surface area contributed by atoms with Crippen LogP contribution in [0.3, 0.4) is 0 Å². The van der Waals surface area contributed by atoms with Crippen LogP contribution in [0, 0.1) is 0 Å². The minimum Gasteiger partial charge on any atom is -0.369 e. The molecule has 7 heteroatoms. The number of hydrogen-bond acceptors (Lipinski definition) is 4. The van der Waals surface area contributed by atoms with E-state index >= 15 is 0 Å². The van der Waals surface area contributed by atoms with Crippen molar-refractivity contribution in [2.24, 2.45) is 0 Å². The maximum atomic E-state index is 12.9. The highest BCUT2D eigenvalue weighted by Crippen LogP contribution is 2.27. The molecule has 0 aliphatic carbocycles. The van der Waals surface area contributed by atoms with Gasteiger partial charge in [-0.2, -0.15) is 0 Å². The van der Waals surface area contributed by atoms with Gasteiger partial charge < -0.3 is 9.80 Å². The zero-order chi connectivity index (χ0) is 19.3. The number of H-pyrrole nitrogens is 1. The Morgan fingerprint density at radius 1 is 0.964 bits per heavy atom. The third-order valence-electron chi connectivity index (χ3n) is 5.46. The predicted octanol–water partition coefficient (Wildman–Crippen LogP) is 3.27. The number of rotatable bonds is 2. The van der Waals surface area contributed by atoms with Crippen molar-refractivity contribution in [3.8, 4) is 5.69 Å². The third-order valence-corrected chi connectivity index (χ3v) is 5.71. The van der Waals surface area contributed by atoms with E-state index in [9.17, 15) is 4.79 Å². The number of fused-ring (bicyclic) bond motifs is 3. The molecule has 1 aliphatic heterocycles. The minimum atomic E-state index is -0.114. The predicted molar refractivity (Wildman–Crippen MR) is 114 cm³/mol. The van der Waals surface area contributed by atoms with Crippen LogP contribution in [0.4, 0.5) is 5.69 Å². The van der Waals surface area contributed by atoms with Crippen LogP contribution in [0.1, 0.15) is 0 Å². The molecule has 3 heterocycles. The molecule has 1 aliphatic rings. The van der Waals surface area contributed by atoms with Crippen LogP contribution in [0.2, 0.25) is 5.02 Å². The van der Waals surface area contributed by atoms with Crippen LogP contribution in [0.15, 0.2) is 53.5 Å². The summed E-state index contributed by atoms with van der Waals surface area (Å²) in [5.74, 6) is 0. The molecule has 0 amide bonds. The van der Waals surface area contributed by atoms with E-state index < -0.39 is 0 Å². The number of hydrogen-bond donors (Lipinski definition) is 1. The normalized spacial score (nSPS) is 15.6. The van der Waals surface area contributed by atoms with Gasteiger partial charge in [0.2, 0.25) is 0 Å². The quantitative estimate of drug-likeness (QED) is 0.568. The number of benzene rings is 2. The summed E-state index contributed by atoms with van der Waals surface area (Å²) < 4.78 is 1.55. The van der Waals surface area contributed by atoms with Crippen molar-refractivity contribution >= 4 is 39.1 Å². The smallest absolute Gasteiger partial charge is 0.280 e. The van der Waals surface area contributed by atoms with Crippen LogP contribution in [-0.4, -0.2) is 52.9 Å². The molecule has 0 spiro atoms. The first kappa shape index (κ1) is 17.3. The van der Waals surface area contributed by atoms with Gasteiger partial charge in [-0.3, -0.25) is 14.9 Å². The monoisotopic (exact) mass is 393 g/mol. The largest absolute Gasteiger partial charge is 0.369 e. The highest BCUT2D eigenvalue weighted by Gasteiger charge is 2.17. The molecule has 6 nitrogen and oxygen atoms in total. The van der Waals surface area contributed by atoms with Crippen molar-refractivity contribution in [1.29, 1.82) is 0 Å². The summed E-state index contributed by atoms with van der Waals surface area (Å²) in [5.41, 5.74) is 3.47. The molecule has 142 valence electrons. The second-order valence-corrected chi connectivity index (χ2v) is 7.70. The van der Waals surface area contributed by atoms with E-state index in [0.29, 0.717) is 10.4 Å². The van der Waals surface area contributed by atoms with Gasteiger partial charge in [-0.1, -0.05) is 11.6 Å². The van der Waals surface area contributed by atoms with Crippen molar-refractivity contribution < 1.29 is 0 Å². The van der Waals surface area contributed by atoms with Gasteiger partial charge in [0.1, 0.15) is 0 Å². The van der Waals surface area contributed by atoms with E-state index in [1.54, 1.807) is 23.0 Å². The molecular formula is C21H20ClN5O. The molecule has 0 bridgehead atoms. The van der Waals surface area contributed by atoms with E-state index in [2.05, 4.69) is 39.1 Å². The molecule has 5 rings (SSSR count). The van der Waals surface area contributed by atoms with Gasteiger partial charge in [0.05, 0.1) is 22.1 Å². The standard InChI is InChI=1S/C21H20ClN5O/c1-25-8-10-26(11-9-25)16-6-7-19-17(12-16)20-18(13-23-19)21(28)27(24-20)15-4-2-14(22)3-5-15/h2-7,12-13,24H,8-11H2,1H3. The van der Waals surface area contributed by atoms with Gasteiger partial charge in [0, 0.05) is 48.5 Å². The molecule has 2 aromatic heterocycles. The molecule has 0 radical (unpaired) electrons. The topological polar surface area (TPSA) is 57.2 Å². The molecule has 1 saturated heterocycles. The van der Waals surface area contributed by atoms with Crippen LogP contribution >= 0.6 is 11.6 Å². The maximum Gasteiger partial charge on any atom is 0.280 e. The number of piperazine rings is 1. The molecule has 1 N–H and O–H groups in total. The van der Waals surface area contributed by atoms with Crippen LogP contribution in [-0.2, 0) is 0 Å². The van der Waals surface area contributed by atoms with E-state index in [1.807, 2.05) is 18.2 Å². The third kappa shape index (κ3) is 2.85. The van der Waals surface area contributed by atoms with E-state index in [0.717, 1.165) is 54.0 Å². The Labute approximate surface area is 166 Å². The first-order valence-electron chi connectivity index (χ1n) is 9.33. The molecule has 4 aromatic rings. The average Bonchev–Trinajstić information content (AvgIpc) is 3.06. The van der Waals surface area contributed by atoms with E-state index in [-0.39, 0.29) is 5.56 Å². The first-order valence-corrected chi connectivity index (χ1v) is 9.71. The summed E-state index contributed by atoms with van der Waals surface area (Å²) in [4.78, 5) is 22.1. The lowest BCUT2D eigenvalue weighted by atomic mass is 10.1. The molecule has 0 saturated carbocycles. The van der Waals surface area contributed by atoms with Gasteiger partial charge in [-0.25, -0.2) is 4.68 Å². The van der Waals surface area contributed by atoms with Gasteiger partial charge in [-0.05, 0) is 49.5 Å². The lowest BCUT2D eigenvalue weighted by Crippen LogP contribution is -2.44. The van der Waals surface area contributed by atoms with Crippen LogP contribution in [0.25, 0.3) is 27.5 Å². The Morgan fingerprint density at radius 2 is 1.68 bits per heavy atom. The number of pyridine rings is 1. The van der Waals surface area contributed by atoms with Gasteiger partial charge >= 0.3 is 0 Å². The molecule has 28 heavy (non-hydrogen) atoms. The summed E-state index contributed by atoms with van der Waals surface area (Å²) in [7, 11) is 2.15. The lowest BCUT2D eigenvalue weighted by Gasteiger charge is -2.34. The molecule has 1 fully saturated rings. The Bertz CT molecular complexity index is 1220. The Balaban J connectivity index is 1.66. The van der Waals surface area contributed by atoms with Crippen molar-refractivity contribution in [1.82, 2.24) is 19.7 Å². The number of aromatic amines is 1. The zero-order valence-electron chi connectivity index (χ0n) is 15.5. The van der Waals surface area contributed by atoms with E-state index in [1.165, 1.54) is 0 Å². The van der Waals surface area contributed by atoms with Crippen molar-refractivity contribution in [3.63, 3.8) is 0 Å². The summed E-state index contributed by atoms with van der Waals surface area (Å²) in [6, 6.07) is 13.5. The van der Waals surface area contributed by atoms with Crippen molar-refractivity contribution in [3.05, 3.63) is 64.0 Å². The summed E-state index contributed by atoms with van der Waals surface area (Å²) in [5, 5.41) is 5.45. The first-order chi connectivity index (χ1) is 13.6. The minimum absolute atomic E-state index is 0.114. The Kier molecular flexibility index (Phi) is 4.10. The second-order valence-electron chi connectivity index (χ2n) is 7.27. The molecule has 0 atom stereocenters. The number of likely N-dealkylation sites (N-methyl/N-ethyl adjacent to an activating group) is 1. The van der Waals surface area contributed by atoms with Gasteiger partial charge in [0.15, 0.2) is 0 Å². The zero-order valence-corrected chi connectivity index (χ0v) is 16.3. The summed E-state index contributed by atoms with van der Waals surface area (Å²) in [6.07, 6.45) is 1.65. The highest BCUT2D eigenvalue weighted by atomic mass is 35.5. The Morgan fingerprint density at radius 3 is 2.43 bits per heavy atom. The lowest BCUT2D eigenvalue weighted by molar-refractivity contribution is 0.313. The maximum absolute atomic E-state index is 12.9. The van der Waals surface area contributed by atoms with E-state index in [4.69, 9.17) is 11.6 Å². The van der Waals surface area contributed by atoms with Crippen molar-refractivity contribution in [2.45, 2.75) is 0 Å². The highest BCUT2D eigenvalue weighted by molar-refractivity contribution is 6.30. The number of nitrogens with zero attached hydrogens (tertiary/aromatic N) is 4. The fourth-order valence-electron chi connectivity index (χ4n) is 3.78. The summed E-state index contributed by atoms with van der Waals surface area (Å²) in [6.45, 7) is 4.08. The molecular weight excluding hydrogens is 374 g/mol. The fraction of sp³-hybridized carbons (Fsp3) is 0.238. The number of aromatic nitrogens is 3. The molecule has 0 unspecified atom stereocenters. The van der Waals surface area contributed by atoms with Gasteiger partial charge in [0.25, 0.3) is 5.56 Å². The Hall–Kier alpha value is -2.83. The summed E-state index contributed by atoms with van der Waals surface area (Å²) >= 11 is 5.98. The fourth-order valence-corrected chi connectivity index (χ4v) is 3.91. The van der Waals surface area contributed by atoms with Crippen LogP contribution < -0.4 is 10.5 Å².